The van der Waals surface area contributed by atoms with Gasteiger partial charge in [-0.25, -0.2) is 0 Å². The highest BCUT2D eigenvalue weighted by molar-refractivity contribution is 5.43. The van der Waals surface area contributed by atoms with Crippen LogP contribution in [0.2, 0.25) is 0 Å². The van der Waals surface area contributed by atoms with Gasteiger partial charge in [-0.3, -0.25) is 0 Å². The van der Waals surface area contributed by atoms with Crippen LogP contribution in [0.25, 0.3) is 0 Å². The third kappa shape index (κ3) is 4.42. The molecule has 0 unspecified atom stereocenters. The Labute approximate surface area is 103 Å². The minimum absolute atomic E-state index is 0.291. The summed E-state index contributed by atoms with van der Waals surface area (Å²) in [6.07, 6.45) is 0. The van der Waals surface area contributed by atoms with E-state index in [1.54, 1.807) is 0 Å². The van der Waals surface area contributed by atoms with Crippen molar-refractivity contribution in [3.05, 3.63) is 0 Å². The van der Waals surface area contributed by atoms with E-state index in [4.69, 9.17) is 0 Å². The summed E-state index contributed by atoms with van der Waals surface area (Å²) in [6, 6.07) is 0.582. The number of anilines is 3. The summed E-state index contributed by atoms with van der Waals surface area (Å²) in [5.41, 5.74) is 0. The summed E-state index contributed by atoms with van der Waals surface area (Å²) in [7, 11) is 3.82. The first kappa shape index (κ1) is 13.5. The SMILES string of the molecule is CC(C)Nc1nc(NC(C)C)nc(N(C)C)n1. The molecule has 1 aromatic rings. The van der Waals surface area contributed by atoms with Crippen LogP contribution in [-0.4, -0.2) is 41.1 Å². The van der Waals surface area contributed by atoms with Crippen molar-refractivity contribution in [2.75, 3.05) is 29.6 Å². The zero-order chi connectivity index (χ0) is 13.0. The molecule has 0 aliphatic heterocycles. The highest BCUT2D eigenvalue weighted by Crippen LogP contribution is 2.12. The largest absolute Gasteiger partial charge is 0.352 e. The van der Waals surface area contributed by atoms with E-state index < -0.39 is 0 Å². The van der Waals surface area contributed by atoms with Crippen LogP contribution in [-0.2, 0) is 0 Å². The van der Waals surface area contributed by atoms with Gasteiger partial charge in [-0.15, -0.1) is 0 Å². The van der Waals surface area contributed by atoms with Crippen molar-refractivity contribution in [3.8, 4) is 0 Å². The van der Waals surface area contributed by atoms with Crippen LogP contribution in [0, 0.1) is 0 Å². The van der Waals surface area contributed by atoms with Crippen molar-refractivity contribution in [2.24, 2.45) is 0 Å². The van der Waals surface area contributed by atoms with E-state index in [-0.39, 0.29) is 0 Å². The zero-order valence-electron chi connectivity index (χ0n) is 11.4. The van der Waals surface area contributed by atoms with Crippen molar-refractivity contribution in [3.63, 3.8) is 0 Å². The lowest BCUT2D eigenvalue weighted by atomic mass is 10.4. The second-order valence-corrected chi connectivity index (χ2v) is 4.78. The molecule has 17 heavy (non-hydrogen) atoms. The third-order valence-electron chi connectivity index (χ3n) is 1.86. The van der Waals surface area contributed by atoms with Gasteiger partial charge in [0.25, 0.3) is 0 Å². The Balaban J connectivity index is 3.00. The van der Waals surface area contributed by atoms with Gasteiger partial charge in [-0.05, 0) is 27.7 Å². The average molecular weight is 238 g/mol. The molecule has 0 aliphatic carbocycles. The lowest BCUT2D eigenvalue weighted by Crippen LogP contribution is -2.21. The molecule has 0 fully saturated rings. The first-order chi connectivity index (χ1) is 7.88. The number of hydrogen-bond acceptors (Lipinski definition) is 6. The smallest absolute Gasteiger partial charge is 0.231 e. The lowest BCUT2D eigenvalue weighted by molar-refractivity contribution is 0.837. The van der Waals surface area contributed by atoms with E-state index in [0.717, 1.165) is 0 Å². The molecule has 2 N–H and O–H groups in total. The standard InChI is InChI=1S/C11H22N6/c1-7(2)12-9-14-10(13-8(3)4)16-11(15-9)17(5)6/h7-8H,1-6H3,(H2,12,13,14,15,16). The summed E-state index contributed by atoms with van der Waals surface area (Å²) < 4.78 is 0. The number of aromatic nitrogens is 3. The Kier molecular flexibility index (Phi) is 4.48. The van der Waals surface area contributed by atoms with Crippen molar-refractivity contribution >= 4 is 17.8 Å². The first-order valence-corrected chi connectivity index (χ1v) is 5.85. The zero-order valence-corrected chi connectivity index (χ0v) is 11.4. The molecule has 0 atom stereocenters. The van der Waals surface area contributed by atoms with E-state index in [2.05, 4.69) is 53.3 Å². The van der Waals surface area contributed by atoms with Crippen LogP contribution < -0.4 is 15.5 Å². The average Bonchev–Trinajstić information content (AvgIpc) is 2.14. The molecule has 0 saturated heterocycles. The van der Waals surface area contributed by atoms with Gasteiger partial charge in [0.05, 0.1) is 0 Å². The molecular formula is C11H22N6. The van der Waals surface area contributed by atoms with Crippen LogP contribution >= 0.6 is 0 Å². The molecule has 1 heterocycles. The van der Waals surface area contributed by atoms with Crippen LogP contribution in [0.15, 0.2) is 0 Å². The molecule has 0 saturated carbocycles. The molecule has 6 heteroatoms. The molecule has 96 valence electrons. The molecule has 1 aromatic heterocycles. The molecule has 0 radical (unpaired) electrons. The number of rotatable bonds is 5. The number of hydrogen-bond donors (Lipinski definition) is 2. The van der Waals surface area contributed by atoms with Gasteiger partial charge in [-0.2, -0.15) is 15.0 Å². The summed E-state index contributed by atoms with van der Waals surface area (Å²) in [5.74, 6) is 1.84. The summed E-state index contributed by atoms with van der Waals surface area (Å²) >= 11 is 0. The maximum absolute atomic E-state index is 4.33. The maximum atomic E-state index is 4.33. The Bertz CT molecular complexity index is 333. The lowest BCUT2D eigenvalue weighted by Gasteiger charge is -2.16. The van der Waals surface area contributed by atoms with E-state index in [9.17, 15) is 0 Å². The Morgan fingerprint density at radius 1 is 0.824 bits per heavy atom. The molecule has 6 nitrogen and oxygen atoms in total. The third-order valence-corrected chi connectivity index (χ3v) is 1.86. The normalized spacial score (nSPS) is 10.8. The summed E-state index contributed by atoms with van der Waals surface area (Å²) in [6.45, 7) is 8.20. The number of nitrogens with zero attached hydrogens (tertiary/aromatic N) is 4. The van der Waals surface area contributed by atoms with Crippen LogP contribution in [0.5, 0.6) is 0 Å². The van der Waals surface area contributed by atoms with E-state index in [1.807, 2.05) is 19.0 Å². The highest BCUT2D eigenvalue weighted by atomic mass is 15.3. The van der Waals surface area contributed by atoms with Gasteiger partial charge >= 0.3 is 0 Å². The molecular weight excluding hydrogens is 216 g/mol. The quantitative estimate of drug-likeness (QED) is 0.812. The minimum Gasteiger partial charge on any atom is -0.352 e. The Morgan fingerprint density at radius 3 is 1.53 bits per heavy atom. The Hall–Kier alpha value is -1.59. The molecule has 0 bridgehead atoms. The van der Waals surface area contributed by atoms with Crippen LogP contribution in [0.4, 0.5) is 17.8 Å². The van der Waals surface area contributed by atoms with E-state index in [1.165, 1.54) is 0 Å². The Morgan fingerprint density at radius 2 is 1.24 bits per heavy atom. The van der Waals surface area contributed by atoms with Gasteiger partial charge in [0.2, 0.25) is 17.8 Å². The first-order valence-electron chi connectivity index (χ1n) is 5.85. The fourth-order valence-corrected chi connectivity index (χ4v) is 1.21. The van der Waals surface area contributed by atoms with Gasteiger partial charge in [0, 0.05) is 26.2 Å². The molecule has 1 rings (SSSR count). The monoisotopic (exact) mass is 238 g/mol. The second-order valence-electron chi connectivity index (χ2n) is 4.78. The molecule has 0 aromatic carbocycles. The minimum atomic E-state index is 0.291. The fraction of sp³-hybridized carbons (Fsp3) is 0.727. The highest BCUT2D eigenvalue weighted by Gasteiger charge is 2.09. The van der Waals surface area contributed by atoms with Gasteiger partial charge < -0.3 is 15.5 Å². The molecule has 0 spiro atoms. The van der Waals surface area contributed by atoms with Gasteiger partial charge in [0.1, 0.15) is 0 Å². The molecule has 0 amide bonds. The van der Waals surface area contributed by atoms with E-state index >= 15 is 0 Å². The van der Waals surface area contributed by atoms with Crippen LogP contribution in [0.3, 0.4) is 0 Å². The van der Waals surface area contributed by atoms with Crippen molar-refractivity contribution in [2.45, 2.75) is 39.8 Å². The summed E-state index contributed by atoms with van der Waals surface area (Å²) in [4.78, 5) is 14.9. The van der Waals surface area contributed by atoms with Crippen LogP contribution in [0.1, 0.15) is 27.7 Å². The van der Waals surface area contributed by atoms with Crippen molar-refractivity contribution in [1.29, 1.82) is 0 Å². The fourth-order valence-electron chi connectivity index (χ4n) is 1.21. The molecule has 0 aliphatic rings. The maximum Gasteiger partial charge on any atom is 0.231 e. The van der Waals surface area contributed by atoms with Crippen molar-refractivity contribution < 1.29 is 0 Å². The predicted octanol–water partition coefficient (Wildman–Crippen LogP) is 1.58. The van der Waals surface area contributed by atoms with Crippen molar-refractivity contribution in [1.82, 2.24) is 15.0 Å². The summed E-state index contributed by atoms with van der Waals surface area (Å²) in [5, 5.41) is 6.37. The number of nitrogens with one attached hydrogen (secondary N) is 2. The predicted molar refractivity (Wildman–Crippen MR) is 71.7 cm³/mol. The second kappa shape index (κ2) is 5.65. The topological polar surface area (TPSA) is 66.0 Å². The van der Waals surface area contributed by atoms with Gasteiger partial charge in [0.15, 0.2) is 0 Å². The van der Waals surface area contributed by atoms with Gasteiger partial charge in [-0.1, -0.05) is 0 Å². The van der Waals surface area contributed by atoms with E-state index in [0.29, 0.717) is 29.9 Å².